The molecule has 21 heavy (non-hydrogen) atoms. The van der Waals surface area contributed by atoms with Crippen LogP contribution in [-0.4, -0.2) is 17.2 Å². The van der Waals surface area contributed by atoms with Crippen molar-refractivity contribution in [3.8, 4) is 6.07 Å². The maximum Gasteiger partial charge on any atom is 0.0998 e. The third kappa shape index (κ3) is 4.09. The third-order valence-electron chi connectivity index (χ3n) is 4.02. The summed E-state index contributed by atoms with van der Waals surface area (Å²) in [5, 5.41) is 13.8. The van der Waals surface area contributed by atoms with E-state index in [4.69, 9.17) is 5.26 Å². The van der Waals surface area contributed by atoms with Crippen LogP contribution in [0.3, 0.4) is 0 Å². The predicted octanol–water partition coefficient (Wildman–Crippen LogP) is 4.07. The van der Waals surface area contributed by atoms with Gasteiger partial charge in [-0.1, -0.05) is 32.3 Å². The number of aromatic nitrogens is 1. The van der Waals surface area contributed by atoms with E-state index in [1.165, 1.54) is 25.7 Å². The summed E-state index contributed by atoms with van der Waals surface area (Å²) in [6.07, 6.45) is 7.24. The van der Waals surface area contributed by atoms with Crippen LogP contribution in [-0.2, 0) is 6.54 Å². The number of unbranched alkanes of at least 4 members (excludes halogenated alkanes) is 2. The van der Waals surface area contributed by atoms with Gasteiger partial charge in [0.15, 0.2) is 0 Å². The Balaban J connectivity index is 1.88. The summed E-state index contributed by atoms with van der Waals surface area (Å²) in [5.74, 6) is 0. The molecule has 3 nitrogen and oxygen atoms in total. The van der Waals surface area contributed by atoms with Crippen molar-refractivity contribution in [1.82, 2.24) is 9.88 Å². The lowest BCUT2D eigenvalue weighted by Crippen LogP contribution is -2.29. The number of nitrogens with one attached hydrogen (secondary N) is 1. The van der Waals surface area contributed by atoms with Gasteiger partial charge in [-0.15, -0.1) is 0 Å². The molecule has 1 heterocycles. The fourth-order valence-electron chi connectivity index (χ4n) is 2.75. The van der Waals surface area contributed by atoms with Gasteiger partial charge in [0.2, 0.25) is 0 Å². The van der Waals surface area contributed by atoms with E-state index in [1.54, 1.807) is 0 Å². The minimum atomic E-state index is 0.577. The summed E-state index contributed by atoms with van der Waals surface area (Å²) < 4.78 is 2.22. The molecule has 1 unspecified atom stereocenters. The second-order valence-electron chi connectivity index (χ2n) is 5.71. The third-order valence-corrected chi connectivity index (χ3v) is 4.02. The maximum absolute atomic E-state index is 9.12. The lowest BCUT2D eigenvalue weighted by Gasteiger charge is -2.14. The van der Waals surface area contributed by atoms with Crippen LogP contribution in [0.2, 0.25) is 0 Å². The number of benzene rings is 1. The van der Waals surface area contributed by atoms with Crippen LogP contribution >= 0.6 is 0 Å². The van der Waals surface area contributed by atoms with Crippen LogP contribution < -0.4 is 5.32 Å². The van der Waals surface area contributed by atoms with Crippen LogP contribution in [0.15, 0.2) is 30.5 Å². The molecule has 1 atom stereocenters. The maximum atomic E-state index is 9.12. The lowest BCUT2D eigenvalue weighted by atomic mass is 10.1. The summed E-state index contributed by atoms with van der Waals surface area (Å²) in [7, 11) is 0. The molecule has 0 aliphatic heterocycles. The van der Waals surface area contributed by atoms with Gasteiger partial charge in [-0.05, 0) is 31.5 Å². The Morgan fingerprint density at radius 1 is 1.29 bits per heavy atom. The quantitative estimate of drug-likeness (QED) is 0.742. The first kappa shape index (κ1) is 15.6. The highest BCUT2D eigenvalue weighted by Crippen LogP contribution is 2.19. The van der Waals surface area contributed by atoms with Gasteiger partial charge in [0, 0.05) is 36.2 Å². The number of nitriles is 1. The van der Waals surface area contributed by atoms with Gasteiger partial charge in [-0.2, -0.15) is 5.26 Å². The van der Waals surface area contributed by atoms with Crippen molar-refractivity contribution in [2.24, 2.45) is 0 Å². The number of hydrogen-bond donors (Lipinski definition) is 1. The Labute approximate surface area is 127 Å². The second-order valence-corrected chi connectivity index (χ2v) is 5.71. The lowest BCUT2D eigenvalue weighted by molar-refractivity contribution is 0.473. The van der Waals surface area contributed by atoms with Gasteiger partial charge in [-0.3, -0.25) is 0 Å². The molecule has 0 saturated carbocycles. The smallest absolute Gasteiger partial charge is 0.0998 e. The van der Waals surface area contributed by atoms with Crippen molar-refractivity contribution in [2.75, 3.05) is 6.54 Å². The van der Waals surface area contributed by atoms with Crippen LogP contribution in [0.4, 0.5) is 0 Å². The van der Waals surface area contributed by atoms with Crippen molar-refractivity contribution >= 4 is 10.9 Å². The van der Waals surface area contributed by atoms with Crippen LogP contribution in [0.25, 0.3) is 10.9 Å². The van der Waals surface area contributed by atoms with Gasteiger partial charge in [0.05, 0.1) is 11.6 Å². The largest absolute Gasteiger partial charge is 0.346 e. The average molecular weight is 283 g/mol. The van der Waals surface area contributed by atoms with Crippen molar-refractivity contribution in [3.05, 3.63) is 36.0 Å². The first-order valence-corrected chi connectivity index (χ1v) is 7.97. The van der Waals surface area contributed by atoms with Crippen molar-refractivity contribution in [1.29, 1.82) is 5.26 Å². The molecule has 0 bridgehead atoms. The SMILES string of the molecule is CCCCCC(C)NCCn1ccc2c(C#N)cccc21. The summed E-state index contributed by atoms with van der Waals surface area (Å²) in [6.45, 7) is 6.41. The van der Waals surface area contributed by atoms with Gasteiger partial charge in [0.1, 0.15) is 0 Å². The Morgan fingerprint density at radius 2 is 2.14 bits per heavy atom. The molecule has 1 N–H and O–H groups in total. The molecule has 112 valence electrons. The second kappa shape index (κ2) is 7.85. The molecule has 2 rings (SSSR count). The van der Waals surface area contributed by atoms with E-state index in [9.17, 15) is 0 Å². The Morgan fingerprint density at radius 3 is 2.90 bits per heavy atom. The van der Waals surface area contributed by atoms with Gasteiger partial charge in [0.25, 0.3) is 0 Å². The Bertz CT molecular complexity index is 606. The highest BCUT2D eigenvalue weighted by molar-refractivity contribution is 5.85. The summed E-state index contributed by atoms with van der Waals surface area (Å²) in [6, 6.07) is 10.8. The molecular weight excluding hydrogens is 258 g/mol. The Hall–Kier alpha value is -1.79. The zero-order valence-corrected chi connectivity index (χ0v) is 13.1. The molecule has 0 amide bonds. The fourth-order valence-corrected chi connectivity index (χ4v) is 2.75. The molecule has 0 saturated heterocycles. The summed E-state index contributed by atoms with van der Waals surface area (Å²) in [4.78, 5) is 0. The van der Waals surface area contributed by atoms with Crippen LogP contribution in [0.1, 0.15) is 45.1 Å². The van der Waals surface area contributed by atoms with E-state index in [-0.39, 0.29) is 0 Å². The van der Waals surface area contributed by atoms with Crippen LogP contribution in [0.5, 0.6) is 0 Å². The minimum absolute atomic E-state index is 0.577. The molecule has 0 spiro atoms. The molecule has 1 aromatic heterocycles. The van der Waals surface area contributed by atoms with E-state index in [2.05, 4.69) is 42.1 Å². The van der Waals surface area contributed by atoms with Crippen LogP contribution in [0, 0.1) is 11.3 Å². The number of hydrogen-bond acceptors (Lipinski definition) is 2. The highest BCUT2D eigenvalue weighted by atomic mass is 15.0. The fraction of sp³-hybridized carbons (Fsp3) is 0.500. The summed E-state index contributed by atoms with van der Waals surface area (Å²) >= 11 is 0. The average Bonchev–Trinajstić information content (AvgIpc) is 2.91. The number of nitrogens with zero attached hydrogens (tertiary/aromatic N) is 2. The van der Waals surface area contributed by atoms with Crippen molar-refractivity contribution in [3.63, 3.8) is 0 Å². The first-order valence-electron chi connectivity index (χ1n) is 7.97. The standard InChI is InChI=1S/C18H25N3/c1-3-4-5-7-15(2)20-11-13-21-12-10-17-16(14-19)8-6-9-18(17)21/h6,8-10,12,15,20H,3-5,7,11,13H2,1-2H3. The van der Waals surface area contributed by atoms with Crippen molar-refractivity contribution < 1.29 is 0 Å². The molecule has 0 radical (unpaired) electrons. The molecule has 0 fully saturated rings. The number of fused-ring (bicyclic) bond motifs is 1. The molecule has 0 aliphatic carbocycles. The van der Waals surface area contributed by atoms with Gasteiger partial charge in [-0.25, -0.2) is 0 Å². The summed E-state index contributed by atoms with van der Waals surface area (Å²) in [5.41, 5.74) is 1.90. The zero-order valence-electron chi connectivity index (χ0n) is 13.1. The first-order chi connectivity index (χ1) is 10.3. The predicted molar refractivity (Wildman–Crippen MR) is 88.3 cm³/mol. The zero-order chi connectivity index (χ0) is 15.1. The van der Waals surface area contributed by atoms with Crippen molar-refractivity contribution in [2.45, 2.75) is 52.1 Å². The molecule has 1 aromatic carbocycles. The van der Waals surface area contributed by atoms with E-state index >= 15 is 0 Å². The topological polar surface area (TPSA) is 40.8 Å². The Kier molecular flexibility index (Phi) is 5.83. The molecule has 2 aromatic rings. The number of rotatable bonds is 8. The van der Waals surface area contributed by atoms with Gasteiger partial charge >= 0.3 is 0 Å². The van der Waals surface area contributed by atoms with E-state index in [0.29, 0.717) is 6.04 Å². The normalized spacial score (nSPS) is 12.4. The molecule has 0 aliphatic rings. The monoisotopic (exact) mass is 283 g/mol. The molecular formula is C18H25N3. The van der Waals surface area contributed by atoms with E-state index in [1.807, 2.05) is 18.2 Å². The minimum Gasteiger partial charge on any atom is -0.346 e. The van der Waals surface area contributed by atoms with E-state index in [0.717, 1.165) is 29.6 Å². The van der Waals surface area contributed by atoms with E-state index < -0.39 is 0 Å². The van der Waals surface area contributed by atoms with Gasteiger partial charge < -0.3 is 9.88 Å². The highest BCUT2D eigenvalue weighted by Gasteiger charge is 2.05. The molecule has 3 heteroatoms.